The predicted molar refractivity (Wildman–Crippen MR) is 86.9 cm³/mol. The number of rotatable bonds is 4. The molecular weight excluding hydrogens is 276 g/mol. The van der Waals surface area contributed by atoms with E-state index in [0.717, 1.165) is 22.0 Å². The van der Waals surface area contributed by atoms with Gasteiger partial charge in [0.15, 0.2) is 0 Å². The number of ether oxygens (including phenoxy) is 1. The first-order chi connectivity index (χ1) is 10.8. The third kappa shape index (κ3) is 2.91. The van der Waals surface area contributed by atoms with Gasteiger partial charge in [0, 0.05) is 30.0 Å². The number of methoxy groups -OCH3 is 1. The molecule has 110 valence electrons. The highest BCUT2D eigenvalue weighted by Crippen LogP contribution is 2.22. The molecule has 2 aromatic carbocycles. The Hall–Kier alpha value is -2.88. The van der Waals surface area contributed by atoms with E-state index in [1.807, 2.05) is 36.5 Å². The van der Waals surface area contributed by atoms with Gasteiger partial charge in [-0.15, -0.1) is 0 Å². The van der Waals surface area contributed by atoms with E-state index in [2.05, 4.69) is 16.4 Å². The predicted octanol–water partition coefficient (Wildman–Crippen LogP) is 3.63. The van der Waals surface area contributed by atoms with E-state index in [-0.39, 0.29) is 5.97 Å². The van der Waals surface area contributed by atoms with Gasteiger partial charge in [-0.3, -0.25) is 4.98 Å². The van der Waals surface area contributed by atoms with Crippen molar-refractivity contribution < 1.29 is 9.53 Å². The number of esters is 1. The van der Waals surface area contributed by atoms with Crippen LogP contribution in [0, 0.1) is 0 Å². The summed E-state index contributed by atoms with van der Waals surface area (Å²) < 4.78 is 4.69. The molecule has 1 aromatic heterocycles. The molecule has 4 nitrogen and oxygen atoms in total. The lowest BCUT2D eigenvalue weighted by atomic mass is 10.1. The van der Waals surface area contributed by atoms with E-state index in [4.69, 9.17) is 4.74 Å². The maximum Gasteiger partial charge on any atom is 0.337 e. The Kier molecular flexibility index (Phi) is 4.01. The summed E-state index contributed by atoms with van der Waals surface area (Å²) in [7, 11) is 1.38. The molecule has 0 saturated heterocycles. The van der Waals surface area contributed by atoms with E-state index in [1.54, 1.807) is 18.3 Å². The zero-order valence-corrected chi connectivity index (χ0v) is 12.2. The summed E-state index contributed by atoms with van der Waals surface area (Å²) >= 11 is 0. The molecular formula is C18H16N2O2. The molecule has 4 heteroatoms. The summed E-state index contributed by atoms with van der Waals surface area (Å²) in [5.41, 5.74) is 2.69. The number of carbonyl (C=O) groups is 1. The molecule has 3 aromatic rings. The molecule has 0 aliphatic rings. The van der Waals surface area contributed by atoms with Crippen LogP contribution < -0.4 is 5.32 Å². The van der Waals surface area contributed by atoms with Crippen molar-refractivity contribution >= 4 is 22.4 Å². The Morgan fingerprint density at radius 3 is 2.73 bits per heavy atom. The lowest BCUT2D eigenvalue weighted by Crippen LogP contribution is -2.03. The summed E-state index contributed by atoms with van der Waals surface area (Å²) in [6.07, 6.45) is 3.65. The van der Waals surface area contributed by atoms with Gasteiger partial charge in [0.25, 0.3) is 0 Å². The SMILES string of the molecule is COC(=O)c1ccc(CNc2cccc3ccncc23)cc1. The van der Waals surface area contributed by atoms with Crippen LogP contribution in [0.2, 0.25) is 0 Å². The standard InChI is InChI=1S/C18H16N2O2/c1-22-18(21)15-7-5-13(6-8-15)11-20-17-4-2-3-14-9-10-19-12-16(14)17/h2-10,12,20H,11H2,1H3. The second kappa shape index (κ2) is 6.26. The summed E-state index contributed by atoms with van der Waals surface area (Å²) in [5, 5.41) is 5.66. The second-order valence-corrected chi connectivity index (χ2v) is 4.94. The van der Waals surface area contributed by atoms with Crippen LogP contribution in [-0.4, -0.2) is 18.1 Å². The second-order valence-electron chi connectivity index (χ2n) is 4.94. The average Bonchev–Trinajstić information content (AvgIpc) is 2.59. The number of carbonyl (C=O) groups excluding carboxylic acids is 1. The molecule has 3 rings (SSSR count). The zero-order chi connectivity index (χ0) is 15.4. The number of anilines is 1. The number of aromatic nitrogens is 1. The number of nitrogens with one attached hydrogen (secondary N) is 1. The van der Waals surface area contributed by atoms with E-state index in [9.17, 15) is 4.79 Å². The Balaban J connectivity index is 1.75. The monoisotopic (exact) mass is 292 g/mol. The first kappa shape index (κ1) is 14.1. The molecule has 0 saturated carbocycles. The number of hydrogen-bond donors (Lipinski definition) is 1. The van der Waals surface area contributed by atoms with Gasteiger partial charge in [-0.25, -0.2) is 4.79 Å². The summed E-state index contributed by atoms with van der Waals surface area (Å²) in [6.45, 7) is 0.676. The Morgan fingerprint density at radius 2 is 1.95 bits per heavy atom. The number of nitrogens with zero attached hydrogens (tertiary/aromatic N) is 1. The van der Waals surface area contributed by atoms with Crippen LogP contribution in [0.3, 0.4) is 0 Å². The molecule has 1 N–H and O–H groups in total. The van der Waals surface area contributed by atoms with Gasteiger partial charge >= 0.3 is 5.97 Å². The highest BCUT2D eigenvalue weighted by atomic mass is 16.5. The number of fused-ring (bicyclic) bond motifs is 1. The third-order valence-electron chi connectivity index (χ3n) is 3.54. The normalized spacial score (nSPS) is 10.4. The van der Waals surface area contributed by atoms with Crippen molar-refractivity contribution in [2.75, 3.05) is 12.4 Å². The molecule has 0 bridgehead atoms. The highest BCUT2D eigenvalue weighted by molar-refractivity contribution is 5.93. The van der Waals surface area contributed by atoms with Crippen LogP contribution >= 0.6 is 0 Å². The Morgan fingerprint density at radius 1 is 1.14 bits per heavy atom. The van der Waals surface area contributed by atoms with E-state index in [0.29, 0.717) is 12.1 Å². The fourth-order valence-corrected chi connectivity index (χ4v) is 2.34. The summed E-state index contributed by atoms with van der Waals surface area (Å²) in [6, 6.07) is 15.5. The van der Waals surface area contributed by atoms with Gasteiger partial charge in [-0.05, 0) is 35.2 Å². The van der Waals surface area contributed by atoms with Gasteiger partial charge in [-0.1, -0.05) is 24.3 Å². The zero-order valence-electron chi connectivity index (χ0n) is 12.2. The molecule has 0 unspecified atom stereocenters. The molecule has 0 amide bonds. The minimum atomic E-state index is -0.320. The number of benzene rings is 2. The van der Waals surface area contributed by atoms with Gasteiger partial charge in [0.05, 0.1) is 12.7 Å². The molecule has 0 aliphatic heterocycles. The Labute approximate surface area is 128 Å². The third-order valence-corrected chi connectivity index (χ3v) is 3.54. The van der Waals surface area contributed by atoms with Crippen LogP contribution in [0.1, 0.15) is 15.9 Å². The fourth-order valence-electron chi connectivity index (χ4n) is 2.34. The minimum Gasteiger partial charge on any atom is -0.465 e. The first-order valence-electron chi connectivity index (χ1n) is 7.02. The van der Waals surface area contributed by atoms with E-state index < -0.39 is 0 Å². The maximum absolute atomic E-state index is 11.4. The summed E-state index contributed by atoms with van der Waals surface area (Å²) in [4.78, 5) is 15.6. The van der Waals surface area contributed by atoms with Crippen LogP contribution in [-0.2, 0) is 11.3 Å². The number of hydrogen-bond acceptors (Lipinski definition) is 4. The maximum atomic E-state index is 11.4. The number of pyridine rings is 1. The van der Waals surface area contributed by atoms with E-state index in [1.165, 1.54) is 7.11 Å². The highest BCUT2D eigenvalue weighted by Gasteiger charge is 2.05. The van der Waals surface area contributed by atoms with Gasteiger partial charge in [0.2, 0.25) is 0 Å². The molecule has 0 atom stereocenters. The lowest BCUT2D eigenvalue weighted by Gasteiger charge is -2.10. The van der Waals surface area contributed by atoms with Crippen LogP contribution in [0.25, 0.3) is 10.8 Å². The van der Waals surface area contributed by atoms with E-state index >= 15 is 0 Å². The van der Waals surface area contributed by atoms with Crippen molar-refractivity contribution in [3.05, 3.63) is 72.1 Å². The van der Waals surface area contributed by atoms with Crippen molar-refractivity contribution in [1.82, 2.24) is 4.98 Å². The van der Waals surface area contributed by atoms with Gasteiger partial charge < -0.3 is 10.1 Å². The molecule has 0 radical (unpaired) electrons. The molecule has 0 fully saturated rings. The average molecular weight is 292 g/mol. The molecule has 22 heavy (non-hydrogen) atoms. The minimum absolute atomic E-state index is 0.320. The van der Waals surface area contributed by atoms with Crippen molar-refractivity contribution in [2.24, 2.45) is 0 Å². The molecule has 1 heterocycles. The quantitative estimate of drug-likeness (QED) is 0.746. The molecule has 0 aliphatic carbocycles. The van der Waals surface area contributed by atoms with Gasteiger partial charge in [-0.2, -0.15) is 0 Å². The van der Waals surface area contributed by atoms with Gasteiger partial charge in [0.1, 0.15) is 0 Å². The van der Waals surface area contributed by atoms with Crippen LogP contribution in [0.4, 0.5) is 5.69 Å². The van der Waals surface area contributed by atoms with Crippen molar-refractivity contribution in [3.8, 4) is 0 Å². The first-order valence-corrected chi connectivity index (χ1v) is 7.02. The van der Waals surface area contributed by atoms with Crippen molar-refractivity contribution in [1.29, 1.82) is 0 Å². The lowest BCUT2D eigenvalue weighted by molar-refractivity contribution is 0.0600. The van der Waals surface area contributed by atoms with Crippen molar-refractivity contribution in [2.45, 2.75) is 6.54 Å². The van der Waals surface area contributed by atoms with Crippen LogP contribution in [0.5, 0.6) is 0 Å². The summed E-state index contributed by atoms with van der Waals surface area (Å²) in [5.74, 6) is -0.320. The smallest absolute Gasteiger partial charge is 0.337 e. The fraction of sp³-hybridized carbons (Fsp3) is 0.111. The molecule has 0 spiro atoms. The van der Waals surface area contributed by atoms with Crippen LogP contribution in [0.15, 0.2) is 60.9 Å². The topological polar surface area (TPSA) is 51.2 Å². The largest absolute Gasteiger partial charge is 0.465 e. The van der Waals surface area contributed by atoms with Crippen molar-refractivity contribution in [3.63, 3.8) is 0 Å². The Bertz CT molecular complexity index is 792.